The third kappa shape index (κ3) is 2.28. The molecule has 2 aromatic rings. The van der Waals surface area contributed by atoms with Crippen molar-refractivity contribution in [3.8, 4) is 12.3 Å². The first kappa shape index (κ1) is 12.7. The number of terminal acetylenes is 1. The standard InChI is InChI=1S/C13H11ClN2OS/c1-2-3-7-16-13(17)12-11(15)10-8(14)5-4-6-9(10)18-12/h1,4-6H,3,7,15H2,(H,16,17). The van der Waals surface area contributed by atoms with Crippen molar-refractivity contribution < 1.29 is 4.79 Å². The van der Waals surface area contributed by atoms with Crippen molar-refractivity contribution in [2.75, 3.05) is 12.3 Å². The van der Waals surface area contributed by atoms with E-state index in [1.165, 1.54) is 11.3 Å². The summed E-state index contributed by atoms with van der Waals surface area (Å²) < 4.78 is 0.905. The Balaban J connectivity index is 2.35. The summed E-state index contributed by atoms with van der Waals surface area (Å²) in [6.45, 7) is 0.441. The number of amides is 1. The van der Waals surface area contributed by atoms with E-state index in [-0.39, 0.29) is 5.91 Å². The van der Waals surface area contributed by atoms with Crippen LogP contribution in [0.2, 0.25) is 5.02 Å². The molecule has 1 heterocycles. The van der Waals surface area contributed by atoms with Crippen LogP contribution < -0.4 is 11.1 Å². The van der Waals surface area contributed by atoms with E-state index in [1.807, 2.05) is 12.1 Å². The first-order valence-corrected chi connectivity index (χ1v) is 6.52. The largest absolute Gasteiger partial charge is 0.397 e. The molecule has 0 aliphatic rings. The normalized spacial score (nSPS) is 10.2. The van der Waals surface area contributed by atoms with Crippen LogP contribution in [0.15, 0.2) is 18.2 Å². The Morgan fingerprint density at radius 2 is 2.33 bits per heavy atom. The number of nitrogen functional groups attached to an aromatic ring is 1. The molecule has 1 aromatic carbocycles. The Hall–Kier alpha value is -1.70. The summed E-state index contributed by atoms with van der Waals surface area (Å²) in [5.74, 6) is 2.25. The zero-order valence-corrected chi connectivity index (χ0v) is 11.1. The van der Waals surface area contributed by atoms with Crippen LogP contribution in [0.4, 0.5) is 5.69 Å². The molecule has 0 aliphatic heterocycles. The lowest BCUT2D eigenvalue weighted by Crippen LogP contribution is -2.23. The van der Waals surface area contributed by atoms with Crippen molar-refractivity contribution in [1.82, 2.24) is 5.32 Å². The van der Waals surface area contributed by atoms with Crippen molar-refractivity contribution in [3.63, 3.8) is 0 Å². The zero-order valence-electron chi connectivity index (χ0n) is 9.50. The van der Waals surface area contributed by atoms with Gasteiger partial charge in [0.15, 0.2) is 0 Å². The molecule has 0 fully saturated rings. The number of hydrogen-bond donors (Lipinski definition) is 2. The van der Waals surface area contributed by atoms with Gasteiger partial charge in [-0.3, -0.25) is 4.79 Å². The molecule has 0 saturated heterocycles. The maximum absolute atomic E-state index is 11.9. The van der Waals surface area contributed by atoms with E-state index in [9.17, 15) is 4.79 Å². The Bertz CT molecular complexity index is 642. The molecule has 0 bridgehead atoms. The predicted octanol–water partition coefficient (Wildman–Crippen LogP) is 2.89. The van der Waals surface area contributed by atoms with Crippen LogP contribution in [0.5, 0.6) is 0 Å². The van der Waals surface area contributed by atoms with Crippen molar-refractivity contribution in [3.05, 3.63) is 28.1 Å². The number of nitrogens with two attached hydrogens (primary N) is 1. The van der Waals surface area contributed by atoms with Crippen LogP contribution in [-0.2, 0) is 0 Å². The molecule has 5 heteroatoms. The van der Waals surface area contributed by atoms with Gasteiger partial charge in [-0.05, 0) is 12.1 Å². The van der Waals surface area contributed by atoms with Crippen molar-refractivity contribution in [2.45, 2.75) is 6.42 Å². The van der Waals surface area contributed by atoms with Crippen molar-refractivity contribution >= 4 is 44.6 Å². The number of hydrogen-bond acceptors (Lipinski definition) is 3. The molecule has 0 saturated carbocycles. The smallest absolute Gasteiger partial charge is 0.263 e. The van der Waals surface area contributed by atoms with Gasteiger partial charge >= 0.3 is 0 Å². The molecule has 0 aliphatic carbocycles. The summed E-state index contributed by atoms with van der Waals surface area (Å²) in [6.07, 6.45) is 5.62. The summed E-state index contributed by atoms with van der Waals surface area (Å²) >= 11 is 7.41. The van der Waals surface area contributed by atoms with E-state index in [0.717, 1.165) is 10.1 Å². The highest BCUT2D eigenvalue weighted by Crippen LogP contribution is 2.37. The average molecular weight is 279 g/mol. The van der Waals surface area contributed by atoms with Crippen molar-refractivity contribution in [2.24, 2.45) is 0 Å². The van der Waals surface area contributed by atoms with Crippen LogP contribution in [0.3, 0.4) is 0 Å². The minimum absolute atomic E-state index is 0.208. The Kier molecular flexibility index (Phi) is 3.75. The van der Waals surface area contributed by atoms with E-state index in [1.54, 1.807) is 6.07 Å². The van der Waals surface area contributed by atoms with Crippen LogP contribution in [0, 0.1) is 12.3 Å². The molecule has 0 radical (unpaired) electrons. The molecule has 3 N–H and O–H groups in total. The van der Waals surface area contributed by atoms with Gasteiger partial charge in [0.05, 0.1) is 10.7 Å². The number of rotatable bonds is 3. The number of halogens is 1. The van der Waals surface area contributed by atoms with Gasteiger partial charge in [-0.2, -0.15) is 0 Å². The van der Waals surface area contributed by atoms with Gasteiger partial charge < -0.3 is 11.1 Å². The van der Waals surface area contributed by atoms with Crippen LogP contribution in [0.1, 0.15) is 16.1 Å². The van der Waals surface area contributed by atoms with E-state index in [4.69, 9.17) is 23.8 Å². The number of carbonyl (C=O) groups excluding carboxylic acids is 1. The number of benzene rings is 1. The fraction of sp³-hybridized carbons (Fsp3) is 0.154. The lowest BCUT2D eigenvalue weighted by Gasteiger charge is -2.01. The van der Waals surface area contributed by atoms with E-state index in [2.05, 4.69) is 11.2 Å². The molecule has 0 spiro atoms. The molecule has 0 unspecified atom stereocenters. The summed E-state index contributed by atoms with van der Waals surface area (Å²) in [5.41, 5.74) is 6.40. The minimum atomic E-state index is -0.208. The second-order valence-corrected chi connectivity index (χ2v) is 5.13. The maximum Gasteiger partial charge on any atom is 0.263 e. The third-order valence-corrected chi connectivity index (χ3v) is 3.95. The van der Waals surface area contributed by atoms with Gasteiger partial charge in [0, 0.05) is 23.1 Å². The van der Waals surface area contributed by atoms with Gasteiger partial charge in [-0.1, -0.05) is 17.7 Å². The first-order valence-electron chi connectivity index (χ1n) is 5.33. The average Bonchev–Trinajstić information content (AvgIpc) is 2.68. The monoisotopic (exact) mass is 278 g/mol. The third-order valence-electron chi connectivity index (χ3n) is 2.46. The molecule has 1 amide bonds. The second-order valence-electron chi connectivity index (χ2n) is 3.67. The molecule has 3 nitrogen and oxygen atoms in total. The number of nitrogens with one attached hydrogen (secondary N) is 1. The Morgan fingerprint density at radius 3 is 3.00 bits per heavy atom. The summed E-state index contributed by atoms with van der Waals surface area (Å²) in [6, 6.07) is 5.48. The minimum Gasteiger partial charge on any atom is -0.397 e. The van der Waals surface area contributed by atoms with Crippen LogP contribution in [0.25, 0.3) is 10.1 Å². The molecule has 92 valence electrons. The number of thiophene rings is 1. The number of carbonyl (C=O) groups is 1. The lowest BCUT2D eigenvalue weighted by molar-refractivity contribution is 0.0959. The van der Waals surface area contributed by atoms with Gasteiger partial charge in [0.2, 0.25) is 0 Å². The first-order chi connectivity index (χ1) is 8.65. The van der Waals surface area contributed by atoms with E-state index < -0.39 is 0 Å². The highest BCUT2D eigenvalue weighted by atomic mass is 35.5. The molecule has 0 atom stereocenters. The molecular formula is C13H11ClN2OS. The number of fused-ring (bicyclic) bond motifs is 1. The summed E-state index contributed by atoms with van der Waals surface area (Å²) in [4.78, 5) is 12.4. The highest BCUT2D eigenvalue weighted by molar-refractivity contribution is 7.21. The zero-order chi connectivity index (χ0) is 13.1. The van der Waals surface area contributed by atoms with E-state index >= 15 is 0 Å². The summed E-state index contributed by atoms with van der Waals surface area (Å²) in [7, 11) is 0. The Labute approximate surface area is 114 Å². The molecular weight excluding hydrogens is 268 g/mol. The second kappa shape index (κ2) is 5.30. The lowest BCUT2D eigenvalue weighted by atomic mass is 10.2. The summed E-state index contributed by atoms with van der Waals surface area (Å²) in [5, 5.41) is 4.03. The SMILES string of the molecule is C#CCCNC(=O)c1sc2cccc(Cl)c2c1N. The quantitative estimate of drug-likeness (QED) is 0.670. The molecule has 1 aromatic heterocycles. The van der Waals surface area contributed by atoms with Crippen molar-refractivity contribution in [1.29, 1.82) is 0 Å². The fourth-order valence-electron chi connectivity index (χ4n) is 1.63. The topological polar surface area (TPSA) is 55.1 Å². The van der Waals surface area contributed by atoms with E-state index in [0.29, 0.717) is 28.6 Å². The predicted molar refractivity (Wildman–Crippen MR) is 77.0 cm³/mol. The number of anilines is 1. The van der Waals surface area contributed by atoms with Gasteiger partial charge in [-0.25, -0.2) is 0 Å². The van der Waals surface area contributed by atoms with Crippen LogP contribution >= 0.6 is 22.9 Å². The van der Waals surface area contributed by atoms with Gasteiger partial charge in [-0.15, -0.1) is 23.7 Å². The molecule has 18 heavy (non-hydrogen) atoms. The fourth-order valence-corrected chi connectivity index (χ4v) is 3.02. The molecule has 2 rings (SSSR count). The van der Waals surface area contributed by atoms with Crippen LogP contribution in [-0.4, -0.2) is 12.5 Å². The van der Waals surface area contributed by atoms with Gasteiger partial charge in [0.1, 0.15) is 4.88 Å². The maximum atomic E-state index is 11.9. The van der Waals surface area contributed by atoms with Gasteiger partial charge in [0.25, 0.3) is 5.91 Å². The Morgan fingerprint density at radius 1 is 1.56 bits per heavy atom. The highest BCUT2D eigenvalue weighted by Gasteiger charge is 2.17.